The van der Waals surface area contributed by atoms with Crippen LogP contribution in [0.3, 0.4) is 0 Å². The first-order valence-corrected chi connectivity index (χ1v) is 43.1. The molecule has 0 aliphatic carbocycles. The summed E-state index contributed by atoms with van der Waals surface area (Å²) in [5.74, 6) is -18.2. The van der Waals surface area contributed by atoms with Crippen LogP contribution < -0.4 is 113 Å². The van der Waals surface area contributed by atoms with Crippen molar-refractivity contribution in [3.8, 4) is 5.75 Å². The predicted octanol–water partition coefficient (Wildman–Crippen LogP) is -3.85. The van der Waals surface area contributed by atoms with Crippen molar-refractivity contribution in [3.63, 3.8) is 0 Å². The van der Waals surface area contributed by atoms with E-state index in [-0.39, 0.29) is 151 Å². The molecule has 0 saturated carbocycles. The Hall–Kier alpha value is -11.7. The Balaban J connectivity index is 2.17. The molecule has 2 aromatic rings. The van der Waals surface area contributed by atoms with Crippen molar-refractivity contribution in [2.24, 2.45) is 40.7 Å². The molecule has 1 aliphatic rings. The molecule has 0 bridgehead atoms. The molecule has 1 saturated heterocycles. The van der Waals surface area contributed by atoms with Crippen LogP contribution >= 0.6 is 24.4 Å². The van der Waals surface area contributed by atoms with Crippen LogP contribution in [0, 0.1) is 34.0 Å². The van der Waals surface area contributed by atoms with E-state index in [1.54, 1.807) is 78.1 Å². The number of primary amides is 1. The minimum absolute atomic E-state index is 0.00503. The Morgan fingerprint density at radius 2 is 1.02 bits per heavy atom. The van der Waals surface area contributed by atoms with Gasteiger partial charge in [0.05, 0.1) is 6.42 Å². The standard InChI is InChI=1S/C79H128N24O18S2/c1-9-43(5)62(103-76(121)63(44(6)10-2)102-69(114)50(91-45(7)104)23-17-34-89-78(83)84)75(120)100-57(39-47-25-27-48(105)28-26-47)72(117)99-58(40-61(107)108)73(118)94-52(24-18-35-90-79(85)86)65(110)93-51-21-14-15-32-87-60(106)30-29-53(67(112)101-59(41-122)74(119)92-49(64(80)109)22-16-33-88-77(81)82)95-68(113)54(31-36-123-8)96-70(115)55(37-42(3)4)97-71(116)56(98-66(51)111)38-46-19-12-11-13-20-46/h11-13,19-20,25-28,42-44,49-59,62-63,105,122H,9-10,14-18,21-24,29-41H2,1-8H3,(H2,80,109)(H,87,106)(H,91,104)(H,92,119)(H,93,110)(H,94,118)(H,95,113)(H,96,115)(H,97,116)(H,98,111)(H,99,117)(H,100,120)(H,101,112)(H,102,114)(H,103,121)(H,107,108)(H4,81,82,88)(H4,83,84,89)(H4,85,86,90)/t43-,44-,49-,50-,51-,52-,53-,54-,55-,56-,57-,58-,59-,62-,63-/m0/s1. The topological polar surface area (TPSA) is 694 Å². The summed E-state index contributed by atoms with van der Waals surface area (Å²) >= 11 is 5.58. The third-order valence-electron chi connectivity index (χ3n) is 20.0. The van der Waals surface area contributed by atoms with E-state index in [0.717, 1.165) is 0 Å². The van der Waals surface area contributed by atoms with Crippen LogP contribution in [0.4, 0.5) is 0 Å². The van der Waals surface area contributed by atoms with Crippen LogP contribution in [0.5, 0.6) is 5.75 Å². The Bertz CT molecular complexity index is 3910. The van der Waals surface area contributed by atoms with Gasteiger partial charge in [0.15, 0.2) is 17.9 Å². The van der Waals surface area contributed by atoms with E-state index in [0.29, 0.717) is 17.5 Å². The molecule has 15 atom stereocenters. The second-order valence-corrected chi connectivity index (χ2v) is 31.9. The van der Waals surface area contributed by atoms with Crippen LogP contribution in [-0.4, -0.2) is 245 Å². The monoisotopic (exact) mass is 1760 g/mol. The van der Waals surface area contributed by atoms with Crippen LogP contribution in [-0.2, 0) is 89.6 Å². The Kier molecular flexibility index (Phi) is 48.1. The highest BCUT2D eigenvalue weighted by molar-refractivity contribution is 7.98. The number of guanidine groups is 3. The lowest BCUT2D eigenvalue weighted by molar-refractivity contribution is -0.141. The van der Waals surface area contributed by atoms with Gasteiger partial charge in [-0.25, -0.2) is 0 Å². The van der Waals surface area contributed by atoms with Gasteiger partial charge < -0.3 is 124 Å². The van der Waals surface area contributed by atoms with Crippen LogP contribution in [0.25, 0.3) is 0 Å². The zero-order valence-electron chi connectivity index (χ0n) is 71.0. The van der Waals surface area contributed by atoms with Crippen molar-refractivity contribution < 1.29 is 86.9 Å². The highest BCUT2D eigenvalue weighted by atomic mass is 32.2. The fourth-order valence-corrected chi connectivity index (χ4v) is 13.5. The number of phenols is 1. The number of aliphatic carboxylic acids is 1. The van der Waals surface area contributed by atoms with E-state index in [2.05, 4.69) is 103 Å². The van der Waals surface area contributed by atoms with Crippen LogP contribution in [0.2, 0.25) is 0 Å². The lowest BCUT2D eigenvalue weighted by atomic mass is 9.94. The molecule has 3 rings (SSSR count). The van der Waals surface area contributed by atoms with Crippen molar-refractivity contribution in [1.82, 2.24) is 90.4 Å². The molecule has 2 aromatic carbocycles. The van der Waals surface area contributed by atoms with E-state index in [4.69, 9.17) is 39.2 Å². The smallest absolute Gasteiger partial charge is 0.305 e. The first-order valence-electron chi connectivity index (χ1n) is 41.1. The molecule has 0 unspecified atom stereocenters. The number of carboxylic acid groups (broad SMARTS) is 1. The second-order valence-electron chi connectivity index (χ2n) is 30.6. The third-order valence-corrected chi connectivity index (χ3v) is 21.0. The highest BCUT2D eigenvalue weighted by Crippen LogP contribution is 2.19. The molecule has 684 valence electrons. The van der Waals surface area contributed by atoms with Crippen molar-refractivity contribution in [2.45, 2.75) is 243 Å². The number of carboxylic acids is 1. The minimum Gasteiger partial charge on any atom is -0.508 e. The molecule has 0 radical (unpaired) electrons. The molecule has 42 nitrogen and oxygen atoms in total. The number of rotatable bonds is 46. The van der Waals surface area contributed by atoms with Gasteiger partial charge in [-0.05, 0) is 130 Å². The van der Waals surface area contributed by atoms with Gasteiger partial charge in [0.1, 0.15) is 84.3 Å². The molecule has 123 heavy (non-hydrogen) atoms. The maximum absolute atomic E-state index is 15.2. The number of thiol groups is 1. The molecule has 0 aromatic heterocycles. The van der Waals surface area contributed by atoms with Crippen LogP contribution in [0.1, 0.15) is 162 Å². The number of phenolic OH excluding ortho intramolecular Hbond substituents is 1. The number of carbonyl (C=O) groups excluding carboxylic acids is 15. The van der Waals surface area contributed by atoms with Gasteiger partial charge in [-0.2, -0.15) is 24.4 Å². The van der Waals surface area contributed by atoms with Crippen LogP contribution in [0.15, 0.2) is 54.6 Å². The number of benzene rings is 2. The molecule has 1 fully saturated rings. The fourth-order valence-electron chi connectivity index (χ4n) is 12.8. The lowest BCUT2D eigenvalue weighted by Gasteiger charge is -2.31. The van der Waals surface area contributed by atoms with Gasteiger partial charge >= 0.3 is 5.97 Å². The number of hydrogen-bond donors (Lipinski definition) is 27. The van der Waals surface area contributed by atoms with Crippen molar-refractivity contribution in [3.05, 3.63) is 65.7 Å². The van der Waals surface area contributed by atoms with Crippen molar-refractivity contribution in [2.75, 3.05) is 43.9 Å². The Labute approximate surface area is 725 Å². The summed E-state index contributed by atoms with van der Waals surface area (Å²) in [7, 11) is 0. The number of nitrogens with one attached hydrogen (secondary N) is 20. The molecule has 15 amide bonds. The van der Waals surface area contributed by atoms with E-state index in [1.807, 2.05) is 0 Å². The van der Waals surface area contributed by atoms with E-state index in [9.17, 15) is 72.5 Å². The zero-order valence-corrected chi connectivity index (χ0v) is 72.7. The minimum atomic E-state index is -2.06. The maximum Gasteiger partial charge on any atom is 0.305 e. The molecule has 1 heterocycles. The summed E-state index contributed by atoms with van der Waals surface area (Å²) in [6, 6.07) is -5.80. The van der Waals surface area contributed by atoms with Gasteiger partial charge in [0, 0.05) is 58.1 Å². The SMILES string of the molecule is CC[C@H](C)[C@H](NC(=O)[C@H](CCCNC(=N)N)NC(C)=O)C(=O)N[C@H](C(=O)N[C@@H](Cc1ccc(O)cc1)C(=O)N[C@@H](CC(=O)O)C(=O)N[C@@H](CCCNC(=N)N)C(=O)N[C@H]1CCCCNC(=O)CC[C@@H](C(=O)N[C@@H](CS)C(=O)N[C@@H](CCCNC(=N)N)C(N)=O)NC(=O)[C@H](CCSC)NC(=O)[C@H](CC(C)C)NC(=O)[C@H](Cc2ccccc2)NC1=O)[C@@H](C)CC. The zero-order chi connectivity index (χ0) is 92.0. The summed E-state index contributed by atoms with van der Waals surface area (Å²) in [6.07, 6.45) is -0.323. The summed E-state index contributed by atoms with van der Waals surface area (Å²) in [5.41, 5.74) is 22.8. The van der Waals surface area contributed by atoms with Gasteiger partial charge in [-0.15, -0.1) is 0 Å². The summed E-state index contributed by atoms with van der Waals surface area (Å²) in [4.78, 5) is 227. The molecule has 1 aliphatic heterocycles. The first kappa shape index (κ1) is 105. The number of amides is 15. The van der Waals surface area contributed by atoms with Crippen molar-refractivity contribution in [1.29, 1.82) is 16.2 Å². The number of aromatic hydroxyl groups is 1. The Morgan fingerprint density at radius 1 is 0.545 bits per heavy atom. The van der Waals surface area contributed by atoms with E-state index in [1.165, 1.54) is 43.0 Å². The van der Waals surface area contributed by atoms with Gasteiger partial charge in [0.25, 0.3) is 0 Å². The van der Waals surface area contributed by atoms with E-state index >= 15 is 14.4 Å². The average Bonchev–Trinajstić information content (AvgIpc) is 0.941. The maximum atomic E-state index is 15.2. The highest BCUT2D eigenvalue weighted by Gasteiger charge is 2.40. The fraction of sp³-hybridized carbons (Fsp3) is 0.608. The number of hydrogen-bond acceptors (Lipinski definition) is 22. The quantitative estimate of drug-likeness (QED) is 0.0131. The second kappa shape index (κ2) is 56.0. The van der Waals surface area contributed by atoms with Gasteiger partial charge in [0.2, 0.25) is 88.6 Å². The molecule has 0 spiro atoms. The molecule has 44 heteroatoms. The largest absolute Gasteiger partial charge is 0.508 e. The summed E-state index contributed by atoms with van der Waals surface area (Å²) in [6.45, 7) is 11.6. The summed E-state index contributed by atoms with van der Waals surface area (Å²) in [5, 5.41) is 87.8. The Morgan fingerprint density at radius 3 is 1.55 bits per heavy atom. The lowest BCUT2D eigenvalue weighted by Crippen LogP contribution is -2.62. The van der Waals surface area contributed by atoms with E-state index < -0.39 is 210 Å². The average molecular weight is 1770 g/mol. The molecule has 30 N–H and O–H groups in total. The first-order chi connectivity index (χ1) is 58.2. The number of carbonyl (C=O) groups is 16. The number of thioether (sulfide) groups is 1. The predicted molar refractivity (Wildman–Crippen MR) is 463 cm³/mol. The number of nitrogens with two attached hydrogens (primary N) is 4. The molecular formula is C79H128N24O18S2. The summed E-state index contributed by atoms with van der Waals surface area (Å²) < 4.78 is 0. The third kappa shape index (κ3) is 40.7. The van der Waals surface area contributed by atoms with Crippen molar-refractivity contribution >= 4 is 137 Å². The molecular weight excluding hydrogens is 1640 g/mol. The van der Waals surface area contributed by atoms with Gasteiger partial charge in [-0.1, -0.05) is 96.8 Å². The van der Waals surface area contributed by atoms with Gasteiger partial charge in [-0.3, -0.25) is 92.9 Å². The normalized spacial score (nSPS) is 18.6.